The van der Waals surface area contributed by atoms with Gasteiger partial charge in [0, 0.05) is 18.9 Å². The van der Waals surface area contributed by atoms with Crippen LogP contribution in [0.4, 0.5) is 0 Å². The first-order valence-electron chi connectivity index (χ1n) is 7.15. The Morgan fingerprint density at radius 2 is 1.90 bits per heavy atom. The van der Waals surface area contributed by atoms with Crippen molar-refractivity contribution in [3.63, 3.8) is 0 Å². The summed E-state index contributed by atoms with van der Waals surface area (Å²) in [6.45, 7) is 3.61. The molecule has 3 nitrogen and oxygen atoms in total. The Morgan fingerprint density at radius 1 is 1.14 bits per heavy atom. The fourth-order valence-corrected chi connectivity index (χ4v) is 2.79. The molecule has 0 saturated carbocycles. The topological polar surface area (TPSA) is 35.5 Å². The van der Waals surface area contributed by atoms with Gasteiger partial charge in [-0.25, -0.2) is 0 Å². The van der Waals surface area contributed by atoms with Crippen LogP contribution in [0.2, 0.25) is 0 Å². The molecule has 0 fully saturated rings. The molecule has 0 spiro atoms. The lowest BCUT2D eigenvalue weighted by atomic mass is 10.1. The van der Waals surface area contributed by atoms with E-state index in [0.29, 0.717) is 6.61 Å². The van der Waals surface area contributed by atoms with Crippen LogP contribution in [0.25, 0.3) is 11.1 Å². The van der Waals surface area contributed by atoms with Crippen LogP contribution in [-0.2, 0) is 16.0 Å². The molecule has 2 aromatic rings. The van der Waals surface area contributed by atoms with E-state index in [4.69, 9.17) is 9.47 Å². The van der Waals surface area contributed by atoms with Crippen molar-refractivity contribution in [2.45, 2.75) is 26.4 Å². The molecular weight excluding hydrogens is 264 g/mol. The molecule has 1 aliphatic rings. The van der Waals surface area contributed by atoms with Gasteiger partial charge in [-0.15, -0.1) is 0 Å². The highest BCUT2D eigenvalue weighted by Crippen LogP contribution is 2.40. The van der Waals surface area contributed by atoms with Crippen molar-refractivity contribution < 1.29 is 14.3 Å². The third-order valence-electron chi connectivity index (χ3n) is 3.65. The maximum atomic E-state index is 10.9. The molecule has 0 amide bonds. The summed E-state index contributed by atoms with van der Waals surface area (Å²) >= 11 is 0. The number of fused-ring (bicyclic) bond motifs is 3. The number of carbonyl (C=O) groups is 1. The molecule has 3 rings (SSSR count). The van der Waals surface area contributed by atoms with Gasteiger partial charge in [0.25, 0.3) is 0 Å². The predicted molar refractivity (Wildman–Crippen MR) is 81.4 cm³/mol. The molecule has 0 saturated heterocycles. The smallest absolute Gasteiger partial charge is 0.303 e. The molecule has 0 heterocycles. The van der Waals surface area contributed by atoms with Crippen LogP contribution in [0.5, 0.6) is 5.75 Å². The summed E-state index contributed by atoms with van der Waals surface area (Å²) in [4.78, 5) is 10.9. The maximum absolute atomic E-state index is 10.9. The lowest BCUT2D eigenvalue weighted by Gasteiger charge is -2.15. The second-order valence-electron chi connectivity index (χ2n) is 5.35. The van der Waals surface area contributed by atoms with E-state index in [0.717, 1.165) is 12.2 Å². The summed E-state index contributed by atoms with van der Waals surface area (Å²) < 4.78 is 11.0. The Balaban J connectivity index is 1.79. The van der Waals surface area contributed by atoms with Crippen LogP contribution < -0.4 is 4.74 Å². The molecule has 3 heteroatoms. The van der Waals surface area contributed by atoms with Gasteiger partial charge >= 0.3 is 5.97 Å². The number of carbonyl (C=O) groups excluding carboxylic acids is 1. The van der Waals surface area contributed by atoms with Crippen LogP contribution in [-0.4, -0.2) is 18.7 Å². The lowest BCUT2D eigenvalue weighted by molar-refractivity contribution is -0.146. The largest absolute Gasteiger partial charge is 0.489 e. The van der Waals surface area contributed by atoms with Crippen molar-refractivity contribution in [2.24, 2.45) is 0 Å². The van der Waals surface area contributed by atoms with E-state index in [-0.39, 0.29) is 12.1 Å². The van der Waals surface area contributed by atoms with Crippen LogP contribution >= 0.6 is 0 Å². The van der Waals surface area contributed by atoms with Crippen LogP contribution in [0, 0.1) is 0 Å². The molecular formula is C18H18O3. The predicted octanol–water partition coefficient (Wildman–Crippen LogP) is 3.59. The molecule has 1 aliphatic carbocycles. The van der Waals surface area contributed by atoms with E-state index in [1.807, 2.05) is 19.1 Å². The van der Waals surface area contributed by atoms with E-state index in [2.05, 4.69) is 30.3 Å². The fraction of sp³-hybridized carbons (Fsp3) is 0.278. The van der Waals surface area contributed by atoms with Gasteiger partial charge in [-0.2, -0.15) is 0 Å². The van der Waals surface area contributed by atoms with Crippen molar-refractivity contribution in [3.05, 3.63) is 53.6 Å². The van der Waals surface area contributed by atoms with Crippen LogP contribution in [0.3, 0.4) is 0 Å². The van der Waals surface area contributed by atoms with Gasteiger partial charge in [0.05, 0.1) is 0 Å². The zero-order chi connectivity index (χ0) is 14.8. The molecule has 0 radical (unpaired) electrons. The van der Waals surface area contributed by atoms with Crippen molar-refractivity contribution in [2.75, 3.05) is 6.61 Å². The van der Waals surface area contributed by atoms with Crippen molar-refractivity contribution in [3.8, 4) is 16.9 Å². The summed E-state index contributed by atoms with van der Waals surface area (Å²) in [5.74, 6) is 0.597. The average molecular weight is 282 g/mol. The highest BCUT2D eigenvalue weighted by atomic mass is 16.6. The minimum absolute atomic E-state index is 0.248. The average Bonchev–Trinajstić information content (AvgIpc) is 2.83. The number of benzene rings is 2. The second kappa shape index (κ2) is 5.60. The summed E-state index contributed by atoms with van der Waals surface area (Å²) in [6.07, 6.45) is 0.644. The van der Waals surface area contributed by atoms with Gasteiger partial charge in [0.1, 0.15) is 18.5 Å². The van der Waals surface area contributed by atoms with Crippen LogP contribution in [0.1, 0.15) is 25.0 Å². The molecule has 0 aliphatic heterocycles. The van der Waals surface area contributed by atoms with Crippen molar-refractivity contribution >= 4 is 5.97 Å². The first-order valence-corrected chi connectivity index (χ1v) is 7.15. The van der Waals surface area contributed by atoms with Gasteiger partial charge in [-0.3, -0.25) is 4.79 Å². The Bertz CT molecular complexity index is 676. The second-order valence-corrected chi connectivity index (χ2v) is 5.35. The normalized spacial score (nSPS) is 13.2. The molecule has 21 heavy (non-hydrogen) atoms. The first-order chi connectivity index (χ1) is 10.1. The molecule has 0 bridgehead atoms. The van der Waals surface area contributed by atoms with E-state index >= 15 is 0 Å². The number of hydrogen-bond acceptors (Lipinski definition) is 3. The Labute approximate surface area is 124 Å². The first kappa shape index (κ1) is 13.7. The molecule has 0 aromatic heterocycles. The van der Waals surface area contributed by atoms with E-state index in [1.165, 1.54) is 29.2 Å². The Kier molecular flexibility index (Phi) is 3.65. The highest BCUT2D eigenvalue weighted by Gasteiger charge is 2.21. The minimum Gasteiger partial charge on any atom is -0.489 e. The zero-order valence-electron chi connectivity index (χ0n) is 12.3. The van der Waals surface area contributed by atoms with Gasteiger partial charge in [0.2, 0.25) is 0 Å². The Morgan fingerprint density at radius 3 is 2.71 bits per heavy atom. The number of rotatable bonds is 4. The molecule has 1 unspecified atom stereocenters. The van der Waals surface area contributed by atoms with Gasteiger partial charge < -0.3 is 9.47 Å². The SMILES string of the molecule is CC(=O)OC(C)COc1cccc2c1Cc1ccccc1-2. The summed E-state index contributed by atoms with van der Waals surface area (Å²) in [6, 6.07) is 14.5. The lowest BCUT2D eigenvalue weighted by Crippen LogP contribution is -2.20. The third-order valence-corrected chi connectivity index (χ3v) is 3.65. The number of esters is 1. The fourth-order valence-electron chi connectivity index (χ4n) is 2.79. The highest BCUT2D eigenvalue weighted by molar-refractivity contribution is 5.78. The van der Waals surface area contributed by atoms with Crippen molar-refractivity contribution in [1.82, 2.24) is 0 Å². The van der Waals surface area contributed by atoms with E-state index in [9.17, 15) is 4.79 Å². The number of hydrogen-bond donors (Lipinski definition) is 0. The minimum atomic E-state index is -0.281. The van der Waals surface area contributed by atoms with E-state index in [1.54, 1.807) is 0 Å². The standard InChI is InChI=1S/C18H18O3/c1-12(21-13(2)19)11-20-18-9-5-8-16-15-7-4-3-6-14(15)10-17(16)18/h3-9,12H,10-11H2,1-2H3. The Hall–Kier alpha value is -2.29. The summed E-state index contributed by atoms with van der Waals surface area (Å²) in [5.41, 5.74) is 5.07. The third kappa shape index (κ3) is 2.77. The van der Waals surface area contributed by atoms with Gasteiger partial charge in [0.15, 0.2) is 0 Å². The molecule has 108 valence electrons. The summed E-state index contributed by atoms with van der Waals surface area (Å²) in [7, 11) is 0. The van der Waals surface area contributed by atoms with Crippen molar-refractivity contribution in [1.29, 1.82) is 0 Å². The zero-order valence-corrected chi connectivity index (χ0v) is 12.3. The molecule has 1 atom stereocenters. The van der Waals surface area contributed by atoms with Gasteiger partial charge in [-0.05, 0) is 29.7 Å². The summed E-state index contributed by atoms with van der Waals surface area (Å²) in [5, 5.41) is 0. The van der Waals surface area contributed by atoms with Gasteiger partial charge in [-0.1, -0.05) is 36.4 Å². The maximum Gasteiger partial charge on any atom is 0.303 e. The number of ether oxygens (including phenoxy) is 2. The molecule has 0 N–H and O–H groups in total. The molecule has 2 aromatic carbocycles. The van der Waals surface area contributed by atoms with E-state index < -0.39 is 0 Å². The monoisotopic (exact) mass is 282 g/mol. The van der Waals surface area contributed by atoms with Crippen LogP contribution in [0.15, 0.2) is 42.5 Å². The quantitative estimate of drug-likeness (QED) is 0.686.